The van der Waals surface area contributed by atoms with Crippen molar-refractivity contribution >= 4 is 34.2 Å². The molecule has 2 aromatic carbocycles. The van der Waals surface area contributed by atoms with Crippen LogP contribution in [0.5, 0.6) is 11.5 Å². The van der Waals surface area contributed by atoms with Gasteiger partial charge in [-0.25, -0.2) is 4.68 Å². The summed E-state index contributed by atoms with van der Waals surface area (Å²) in [6, 6.07) is 16.1. The summed E-state index contributed by atoms with van der Waals surface area (Å²) >= 11 is 1.45. The van der Waals surface area contributed by atoms with Gasteiger partial charge in [-0.3, -0.25) is 9.59 Å². The van der Waals surface area contributed by atoms with E-state index in [0.29, 0.717) is 30.0 Å². The number of benzene rings is 2. The van der Waals surface area contributed by atoms with Crippen molar-refractivity contribution in [2.45, 2.75) is 45.3 Å². The lowest BCUT2D eigenvalue weighted by atomic mass is 10.1. The van der Waals surface area contributed by atoms with Crippen LogP contribution in [0.2, 0.25) is 0 Å². The summed E-state index contributed by atoms with van der Waals surface area (Å²) in [6.45, 7) is 6.04. The second-order valence-electron chi connectivity index (χ2n) is 9.92. The van der Waals surface area contributed by atoms with Crippen molar-refractivity contribution in [1.82, 2.24) is 25.2 Å². The SMILES string of the molecule is COc1ccc(CCN(C(=O)Cn2nnc3ccccc32)[C@@H](C(=O)NC(C)(C)C)c2cccs2)cc1OC. The number of amides is 2. The first-order valence-electron chi connectivity index (χ1n) is 12.3. The average Bonchev–Trinajstić information content (AvgIpc) is 3.55. The number of carbonyl (C=O) groups is 2. The van der Waals surface area contributed by atoms with Gasteiger partial charge in [-0.1, -0.05) is 29.5 Å². The highest BCUT2D eigenvalue weighted by Crippen LogP contribution is 2.30. The first-order chi connectivity index (χ1) is 18.2. The zero-order valence-electron chi connectivity index (χ0n) is 22.3. The third-order valence-electron chi connectivity index (χ3n) is 5.99. The van der Waals surface area contributed by atoms with Crippen LogP contribution < -0.4 is 14.8 Å². The van der Waals surface area contributed by atoms with Gasteiger partial charge in [0.05, 0.1) is 19.7 Å². The summed E-state index contributed by atoms with van der Waals surface area (Å²) in [7, 11) is 3.18. The molecule has 0 spiro atoms. The van der Waals surface area contributed by atoms with Gasteiger partial charge in [-0.05, 0) is 68.5 Å². The highest BCUT2D eigenvalue weighted by Gasteiger charge is 2.34. The summed E-state index contributed by atoms with van der Waals surface area (Å²) in [4.78, 5) is 30.0. The summed E-state index contributed by atoms with van der Waals surface area (Å²) in [5, 5.41) is 13.3. The number of hydrogen-bond acceptors (Lipinski definition) is 7. The third-order valence-corrected chi connectivity index (χ3v) is 6.91. The maximum Gasteiger partial charge on any atom is 0.248 e. The zero-order valence-corrected chi connectivity index (χ0v) is 23.1. The summed E-state index contributed by atoms with van der Waals surface area (Å²) in [5.41, 5.74) is 1.95. The molecule has 9 nitrogen and oxygen atoms in total. The minimum absolute atomic E-state index is 0.0445. The van der Waals surface area contributed by atoms with E-state index in [9.17, 15) is 9.59 Å². The molecule has 0 aliphatic heterocycles. The normalized spacial score (nSPS) is 12.2. The molecule has 4 aromatic rings. The number of thiophene rings is 1. The molecule has 4 rings (SSSR count). The fourth-order valence-electron chi connectivity index (χ4n) is 4.25. The van der Waals surface area contributed by atoms with Crippen molar-refractivity contribution in [3.63, 3.8) is 0 Å². The fraction of sp³-hybridized carbons (Fsp3) is 0.357. The predicted octanol–water partition coefficient (Wildman–Crippen LogP) is 4.24. The summed E-state index contributed by atoms with van der Waals surface area (Å²) in [6.07, 6.45) is 0.509. The van der Waals surface area contributed by atoms with Crippen LogP contribution in [0, 0.1) is 0 Å². The number of carbonyl (C=O) groups excluding carboxylic acids is 2. The average molecular weight is 536 g/mol. The Balaban J connectivity index is 1.68. The molecule has 10 heteroatoms. The van der Waals surface area contributed by atoms with Crippen LogP contribution >= 0.6 is 11.3 Å². The molecule has 0 radical (unpaired) electrons. The van der Waals surface area contributed by atoms with Crippen molar-refractivity contribution < 1.29 is 19.1 Å². The number of para-hydroxylation sites is 1. The Morgan fingerprint density at radius 1 is 1.05 bits per heavy atom. The van der Waals surface area contributed by atoms with E-state index in [1.165, 1.54) is 11.3 Å². The van der Waals surface area contributed by atoms with Gasteiger partial charge in [-0.2, -0.15) is 0 Å². The van der Waals surface area contributed by atoms with Gasteiger partial charge in [0.2, 0.25) is 11.8 Å². The molecule has 0 fully saturated rings. The molecule has 200 valence electrons. The Kier molecular flexibility index (Phi) is 8.31. The number of methoxy groups -OCH3 is 2. The van der Waals surface area contributed by atoms with E-state index >= 15 is 0 Å². The van der Waals surface area contributed by atoms with Crippen molar-refractivity contribution in [3.8, 4) is 11.5 Å². The largest absolute Gasteiger partial charge is 0.493 e. The molecular formula is C28H33N5O4S. The molecule has 38 heavy (non-hydrogen) atoms. The van der Waals surface area contributed by atoms with Crippen molar-refractivity contribution in [3.05, 3.63) is 70.4 Å². The highest BCUT2D eigenvalue weighted by atomic mass is 32.1. The lowest BCUT2D eigenvalue weighted by molar-refractivity contribution is -0.142. The molecule has 2 heterocycles. The number of hydrogen-bond donors (Lipinski definition) is 1. The molecule has 0 bridgehead atoms. The number of rotatable bonds is 10. The molecule has 0 aliphatic rings. The lowest BCUT2D eigenvalue weighted by Gasteiger charge is -2.33. The zero-order chi connectivity index (χ0) is 27.3. The Morgan fingerprint density at radius 3 is 2.50 bits per heavy atom. The molecule has 0 aliphatic carbocycles. The van der Waals surface area contributed by atoms with Crippen LogP contribution in [-0.2, 0) is 22.6 Å². The highest BCUT2D eigenvalue weighted by molar-refractivity contribution is 7.10. The topological polar surface area (TPSA) is 98.6 Å². The van der Waals surface area contributed by atoms with Crippen molar-refractivity contribution in [1.29, 1.82) is 0 Å². The van der Waals surface area contributed by atoms with Crippen LogP contribution in [0.4, 0.5) is 0 Å². The smallest absolute Gasteiger partial charge is 0.248 e. The van der Waals surface area contributed by atoms with E-state index in [1.807, 2.05) is 80.7 Å². The number of aromatic nitrogens is 3. The molecular weight excluding hydrogens is 502 g/mol. The second-order valence-corrected chi connectivity index (χ2v) is 10.9. The van der Waals surface area contributed by atoms with E-state index in [0.717, 1.165) is 16.0 Å². The van der Waals surface area contributed by atoms with E-state index in [1.54, 1.807) is 23.8 Å². The number of nitrogens with one attached hydrogen (secondary N) is 1. The minimum Gasteiger partial charge on any atom is -0.493 e. The van der Waals surface area contributed by atoms with Gasteiger partial charge in [0.15, 0.2) is 11.5 Å². The fourth-order valence-corrected chi connectivity index (χ4v) is 5.08. The van der Waals surface area contributed by atoms with Crippen LogP contribution in [0.1, 0.15) is 37.3 Å². The monoisotopic (exact) mass is 535 g/mol. The molecule has 2 amide bonds. The molecule has 1 atom stereocenters. The maximum absolute atomic E-state index is 13.9. The van der Waals surface area contributed by atoms with E-state index in [4.69, 9.17) is 9.47 Å². The van der Waals surface area contributed by atoms with Crippen LogP contribution in [0.15, 0.2) is 60.0 Å². The van der Waals surface area contributed by atoms with E-state index in [2.05, 4.69) is 15.6 Å². The summed E-state index contributed by atoms with van der Waals surface area (Å²) < 4.78 is 12.4. The lowest BCUT2D eigenvalue weighted by Crippen LogP contribution is -2.50. The quantitative estimate of drug-likeness (QED) is 0.326. The molecule has 1 N–H and O–H groups in total. The van der Waals surface area contributed by atoms with Crippen molar-refractivity contribution in [2.24, 2.45) is 0 Å². The van der Waals surface area contributed by atoms with Gasteiger partial charge >= 0.3 is 0 Å². The van der Waals surface area contributed by atoms with Gasteiger partial charge in [-0.15, -0.1) is 16.4 Å². The third kappa shape index (κ3) is 6.31. The standard InChI is InChI=1S/C28H33N5O4S/c1-28(2,3)29-27(35)26(24-11-8-16-38-24)32(15-14-19-12-13-22(36-4)23(17-19)37-5)25(34)18-33-21-10-7-6-9-20(21)30-31-33/h6-13,16-17,26H,14-15,18H2,1-5H3,(H,29,35)/t26-/m1/s1. The molecule has 0 saturated heterocycles. The van der Waals surface area contributed by atoms with Crippen LogP contribution in [0.3, 0.4) is 0 Å². The molecule has 0 saturated carbocycles. The Bertz CT molecular complexity index is 1390. The van der Waals surface area contributed by atoms with Gasteiger partial charge in [0.1, 0.15) is 18.1 Å². The van der Waals surface area contributed by atoms with E-state index in [-0.39, 0.29) is 18.4 Å². The Hall–Kier alpha value is -3.92. The Morgan fingerprint density at radius 2 is 1.82 bits per heavy atom. The first kappa shape index (κ1) is 27.1. The second kappa shape index (κ2) is 11.6. The van der Waals surface area contributed by atoms with Gasteiger partial charge in [0.25, 0.3) is 0 Å². The predicted molar refractivity (Wildman–Crippen MR) is 147 cm³/mol. The minimum atomic E-state index is -0.795. The van der Waals surface area contributed by atoms with Crippen molar-refractivity contribution in [2.75, 3.05) is 20.8 Å². The first-order valence-corrected chi connectivity index (χ1v) is 13.2. The summed E-state index contributed by atoms with van der Waals surface area (Å²) in [5.74, 6) is 0.771. The van der Waals surface area contributed by atoms with Crippen LogP contribution in [0.25, 0.3) is 11.0 Å². The van der Waals surface area contributed by atoms with Gasteiger partial charge < -0.3 is 19.7 Å². The number of ether oxygens (including phenoxy) is 2. The number of nitrogens with zero attached hydrogens (tertiary/aromatic N) is 4. The Labute approximate surface area is 226 Å². The van der Waals surface area contributed by atoms with Gasteiger partial charge in [0, 0.05) is 17.0 Å². The number of fused-ring (bicyclic) bond motifs is 1. The maximum atomic E-state index is 13.9. The van der Waals surface area contributed by atoms with Crippen LogP contribution in [-0.4, -0.2) is 58.0 Å². The van der Waals surface area contributed by atoms with E-state index < -0.39 is 11.6 Å². The molecule has 2 aromatic heterocycles. The molecule has 0 unspecified atom stereocenters.